The van der Waals surface area contributed by atoms with Gasteiger partial charge >= 0.3 is 12.1 Å². The van der Waals surface area contributed by atoms with Crippen LogP contribution in [0.15, 0.2) is 43.0 Å². The molecule has 0 aromatic heterocycles. The Balaban J connectivity index is 2.29. The van der Waals surface area contributed by atoms with E-state index >= 15 is 0 Å². The highest BCUT2D eigenvalue weighted by atomic mass is 16.7. The minimum absolute atomic E-state index is 0.234. The van der Waals surface area contributed by atoms with Gasteiger partial charge in [0.2, 0.25) is 0 Å². The van der Waals surface area contributed by atoms with Gasteiger partial charge in [0, 0.05) is 11.6 Å². The van der Waals surface area contributed by atoms with Crippen molar-refractivity contribution in [2.75, 3.05) is 13.2 Å². The number of rotatable bonds is 13. The van der Waals surface area contributed by atoms with E-state index in [1.165, 1.54) is 25.3 Å². The van der Waals surface area contributed by atoms with Gasteiger partial charge in [0.1, 0.15) is 5.75 Å². The van der Waals surface area contributed by atoms with Gasteiger partial charge in [-0.3, -0.25) is 0 Å². The van der Waals surface area contributed by atoms with Crippen molar-refractivity contribution in [1.29, 1.82) is 0 Å². The molecule has 0 atom stereocenters. The Labute approximate surface area is 162 Å². The number of hydrogen-bond acceptors (Lipinski definition) is 5. The summed E-state index contributed by atoms with van der Waals surface area (Å²) in [6.45, 7) is 6.06. The van der Waals surface area contributed by atoms with Crippen molar-refractivity contribution in [3.63, 3.8) is 0 Å². The molecule has 0 amide bonds. The maximum absolute atomic E-state index is 11.8. The number of carbonyl (C=O) groups is 2. The van der Waals surface area contributed by atoms with Crippen molar-refractivity contribution in [2.24, 2.45) is 0 Å². The third-order valence-corrected chi connectivity index (χ3v) is 3.82. The molecule has 0 heterocycles. The second-order valence-corrected chi connectivity index (χ2v) is 6.02. The van der Waals surface area contributed by atoms with Gasteiger partial charge < -0.3 is 14.2 Å². The van der Waals surface area contributed by atoms with Gasteiger partial charge in [0.25, 0.3) is 0 Å². The summed E-state index contributed by atoms with van der Waals surface area (Å²) in [6.07, 6.45) is 11.9. The third-order valence-electron chi connectivity index (χ3n) is 3.82. The lowest BCUT2D eigenvalue weighted by Crippen LogP contribution is -2.10. The monoisotopic (exact) mass is 374 g/mol. The highest BCUT2D eigenvalue weighted by Gasteiger charge is 2.08. The Hall–Kier alpha value is -2.56. The molecule has 148 valence electrons. The molecule has 5 heteroatoms. The molecule has 0 spiro atoms. The van der Waals surface area contributed by atoms with Crippen molar-refractivity contribution in [2.45, 2.75) is 51.9 Å². The average Bonchev–Trinajstić information content (AvgIpc) is 2.66. The molecule has 1 aromatic carbocycles. The first-order valence-electron chi connectivity index (χ1n) is 9.56. The van der Waals surface area contributed by atoms with E-state index in [4.69, 9.17) is 14.2 Å². The maximum atomic E-state index is 11.8. The normalized spacial score (nSPS) is 10.6. The van der Waals surface area contributed by atoms with Gasteiger partial charge in [0.05, 0.1) is 13.2 Å². The number of para-hydroxylation sites is 1. The standard InChI is InChI=1S/C22H30O5/c1-3-5-6-7-8-9-10-13-18-26-21(23)17-16-19-14-11-12-15-20(19)27-22(24)25-4-2/h3,11-12,14-17H,1,4-10,13,18H2,2H3/b17-16+. The predicted octanol–water partition coefficient (Wildman–Crippen LogP) is 5.70. The molecule has 0 N–H and O–H groups in total. The molecule has 5 nitrogen and oxygen atoms in total. The van der Waals surface area contributed by atoms with Gasteiger partial charge in [-0.05, 0) is 38.3 Å². The molecule has 0 aliphatic heterocycles. The lowest BCUT2D eigenvalue weighted by Gasteiger charge is -2.07. The fourth-order valence-corrected chi connectivity index (χ4v) is 2.42. The van der Waals surface area contributed by atoms with E-state index in [9.17, 15) is 9.59 Å². The summed E-state index contributed by atoms with van der Waals surface area (Å²) in [7, 11) is 0. The van der Waals surface area contributed by atoms with Gasteiger partial charge in [0.15, 0.2) is 0 Å². The fraction of sp³-hybridized carbons (Fsp3) is 0.455. The van der Waals surface area contributed by atoms with Crippen LogP contribution in [0.1, 0.15) is 57.4 Å². The molecule has 0 saturated heterocycles. The quantitative estimate of drug-likeness (QED) is 0.146. The van der Waals surface area contributed by atoms with Crippen LogP contribution in [0.2, 0.25) is 0 Å². The number of carbonyl (C=O) groups excluding carboxylic acids is 2. The molecule has 27 heavy (non-hydrogen) atoms. The molecular weight excluding hydrogens is 344 g/mol. The first kappa shape index (κ1) is 22.5. The zero-order valence-electron chi connectivity index (χ0n) is 16.2. The second kappa shape index (κ2) is 14.6. The lowest BCUT2D eigenvalue weighted by molar-refractivity contribution is -0.137. The Morgan fingerprint density at radius 2 is 1.70 bits per heavy atom. The van der Waals surface area contributed by atoms with Gasteiger partial charge in [-0.15, -0.1) is 6.58 Å². The van der Waals surface area contributed by atoms with Crippen LogP contribution in [0.5, 0.6) is 5.75 Å². The van der Waals surface area contributed by atoms with Crippen molar-refractivity contribution in [1.82, 2.24) is 0 Å². The number of unbranched alkanes of at least 4 members (excludes halogenated alkanes) is 6. The van der Waals surface area contributed by atoms with E-state index in [0.717, 1.165) is 25.7 Å². The number of benzene rings is 1. The summed E-state index contributed by atoms with van der Waals surface area (Å²) in [5.74, 6) is -0.0802. The van der Waals surface area contributed by atoms with E-state index < -0.39 is 12.1 Å². The van der Waals surface area contributed by atoms with Crippen LogP contribution in [0.4, 0.5) is 4.79 Å². The van der Waals surface area contributed by atoms with E-state index in [1.807, 2.05) is 6.08 Å². The van der Waals surface area contributed by atoms with Crippen LogP contribution in [0.25, 0.3) is 6.08 Å². The molecule has 0 radical (unpaired) electrons. The SMILES string of the molecule is C=CCCCCCCCCOC(=O)/C=C/c1ccccc1OC(=O)OCC. The fourth-order valence-electron chi connectivity index (χ4n) is 2.42. The minimum Gasteiger partial charge on any atom is -0.463 e. The Morgan fingerprint density at radius 1 is 1.00 bits per heavy atom. The molecule has 0 aliphatic rings. The van der Waals surface area contributed by atoms with Crippen LogP contribution in [0.3, 0.4) is 0 Å². The smallest absolute Gasteiger partial charge is 0.463 e. The van der Waals surface area contributed by atoms with Crippen LogP contribution in [0, 0.1) is 0 Å². The summed E-state index contributed by atoms with van der Waals surface area (Å²) in [5.41, 5.74) is 0.599. The number of esters is 1. The van der Waals surface area contributed by atoms with Gasteiger partial charge in [-0.2, -0.15) is 0 Å². The average molecular weight is 374 g/mol. The maximum Gasteiger partial charge on any atom is 0.513 e. The highest BCUT2D eigenvalue weighted by Crippen LogP contribution is 2.20. The van der Waals surface area contributed by atoms with Gasteiger partial charge in [-0.1, -0.05) is 50.0 Å². The van der Waals surface area contributed by atoms with E-state index in [1.54, 1.807) is 37.3 Å². The van der Waals surface area contributed by atoms with Crippen molar-refractivity contribution in [3.8, 4) is 5.75 Å². The Morgan fingerprint density at radius 3 is 2.44 bits per heavy atom. The Bertz CT molecular complexity index is 606. The Kier molecular flexibility index (Phi) is 12.2. The molecule has 0 unspecified atom stereocenters. The zero-order chi connectivity index (χ0) is 19.7. The number of hydrogen-bond donors (Lipinski definition) is 0. The van der Waals surface area contributed by atoms with Crippen LogP contribution in [-0.4, -0.2) is 25.3 Å². The molecular formula is C22H30O5. The summed E-state index contributed by atoms with van der Waals surface area (Å²) in [4.78, 5) is 23.2. The molecule has 0 saturated carbocycles. The summed E-state index contributed by atoms with van der Waals surface area (Å²) in [5, 5.41) is 0. The van der Waals surface area contributed by atoms with Gasteiger partial charge in [-0.25, -0.2) is 9.59 Å². The highest BCUT2D eigenvalue weighted by molar-refractivity contribution is 5.87. The second-order valence-electron chi connectivity index (χ2n) is 6.02. The minimum atomic E-state index is -0.773. The van der Waals surface area contributed by atoms with Crippen molar-refractivity contribution in [3.05, 3.63) is 48.6 Å². The summed E-state index contributed by atoms with van der Waals surface area (Å²) >= 11 is 0. The van der Waals surface area contributed by atoms with Crippen LogP contribution >= 0.6 is 0 Å². The summed E-state index contributed by atoms with van der Waals surface area (Å²) in [6, 6.07) is 6.90. The summed E-state index contributed by atoms with van der Waals surface area (Å²) < 4.78 is 15.1. The number of ether oxygens (including phenoxy) is 3. The molecule has 1 aromatic rings. The first-order chi connectivity index (χ1) is 13.2. The van der Waals surface area contributed by atoms with E-state index in [-0.39, 0.29) is 6.61 Å². The first-order valence-corrected chi connectivity index (χ1v) is 9.56. The van der Waals surface area contributed by atoms with Crippen molar-refractivity contribution >= 4 is 18.2 Å². The number of allylic oxidation sites excluding steroid dienone is 1. The largest absolute Gasteiger partial charge is 0.513 e. The molecule has 0 aliphatic carbocycles. The van der Waals surface area contributed by atoms with E-state index in [2.05, 4.69) is 6.58 Å². The van der Waals surface area contributed by atoms with Crippen LogP contribution in [-0.2, 0) is 14.3 Å². The topological polar surface area (TPSA) is 61.8 Å². The van der Waals surface area contributed by atoms with E-state index in [0.29, 0.717) is 17.9 Å². The van der Waals surface area contributed by atoms with Crippen molar-refractivity contribution < 1.29 is 23.8 Å². The third kappa shape index (κ3) is 10.9. The lowest BCUT2D eigenvalue weighted by atomic mass is 10.1. The molecule has 0 bridgehead atoms. The zero-order valence-corrected chi connectivity index (χ0v) is 16.2. The molecule has 0 fully saturated rings. The molecule has 1 rings (SSSR count). The predicted molar refractivity (Wildman–Crippen MR) is 107 cm³/mol. The van der Waals surface area contributed by atoms with Crippen LogP contribution < -0.4 is 4.74 Å².